The zero-order valence-electron chi connectivity index (χ0n) is 13.7. The number of benzene rings is 1. The highest BCUT2D eigenvalue weighted by Gasteiger charge is 2.27. The van der Waals surface area contributed by atoms with Crippen LogP contribution in [0.25, 0.3) is 0 Å². The van der Waals surface area contributed by atoms with Crippen molar-refractivity contribution < 1.29 is 8.42 Å². The Morgan fingerprint density at radius 2 is 1.96 bits per heavy atom. The van der Waals surface area contributed by atoms with Gasteiger partial charge in [-0.3, -0.25) is 4.98 Å². The van der Waals surface area contributed by atoms with Gasteiger partial charge in [-0.2, -0.15) is 4.31 Å². The first-order valence-corrected chi connectivity index (χ1v) is 10.9. The Bertz CT molecular complexity index is 962. The first-order chi connectivity index (χ1) is 12.5. The summed E-state index contributed by atoms with van der Waals surface area (Å²) in [5.74, 6) is 0. The van der Waals surface area contributed by atoms with E-state index in [1.165, 1.54) is 16.4 Å². The summed E-state index contributed by atoms with van der Waals surface area (Å²) < 4.78 is 27.9. The van der Waals surface area contributed by atoms with Crippen molar-refractivity contribution in [1.82, 2.24) is 9.29 Å². The first-order valence-electron chi connectivity index (χ1n) is 7.83. The molecule has 3 aromatic rings. The Balaban J connectivity index is 1.93. The number of halogens is 2. The average molecular weight is 427 g/mol. The molecule has 3 rings (SSSR count). The predicted octanol–water partition coefficient (Wildman–Crippen LogP) is 4.88. The lowest BCUT2D eigenvalue weighted by Crippen LogP contribution is -2.32. The van der Waals surface area contributed by atoms with E-state index >= 15 is 0 Å². The van der Waals surface area contributed by atoms with Gasteiger partial charge in [-0.1, -0.05) is 35.3 Å². The zero-order valence-corrected chi connectivity index (χ0v) is 16.8. The van der Waals surface area contributed by atoms with Crippen molar-refractivity contribution >= 4 is 44.6 Å². The molecule has 0 aliphatic carbocycles. The van der Waals surface area contributed by atoms with Crippen molar-refractivity contribution in [1.29, 1.82) is 0 Å². The molecule has 1 aromatic carbocycles. The van der Waals surface area contributed by atoms with Gasteiger partial charge in [0.15, 0.2) is 0 Å². The third-order valence-electron chi connectivity index (χ3n) is 3.78. The summed E-state index contributed by atoms with van der Waals surface area (Å²) in [6.45, 7) is 0.547. The van der Waals surface area contributed by atoms with Crippen molar-refractivity contribution in [3.05, 3.63) is 80.7 Å². The van der Waals surface area contributed by atoms with Gasteiger partial charge in [0.25, 0.3) is 0 Å². The summed E-state index contributed by atoms with van der Waals surface area (Å²) in [7, 11) is -3.81. The van der Waals surface area contributed by atoms with Crippen molar-refractivity contribution in [2.45, 2.75) is 17.9 Å². The van der Waals surface area contributed by atoms with E-state index in [1.807, 2.05) is 23.6 Å². The second-order valence-electron chi connectivity index (χ2n) is 5.60. The molecule has 0 aliphatic rings. The summed E-state index contributed by atoms with van der Waals surface area (Å²) in [5, 5.41) is 2.46. The zero-order chi connectivity index (χ0) is 18.6. The molecule has 0 aliphatic heterocycles. The molecule has 0 amide bonds. The Morgan fingerprint density at radius 1 is 1.12 bits per heavy atom. The fourth-order valence-corrected chi connectivity index (χ4v) is 5.35. The van der Waals surface area contributed by atoms with Crippen molar-refractivity contribution in [3.8, 4) is 0 Å². The topological polar surface area (TPSA) is 50.3 Å². The van der Waals surface area contributed by atoms with Gasteiger partial charge in [-0.25, -0.2) is 8.42 Å². The molecule has 0 radical (unpaired) electrons. The van der Waals surface area contributed by atoms with Crippen molar-refractivity contribution in [2.75, 3.05) is 6.54 Å². The molecule has 2 aromatic heterocycles. The lowest BCUT2D eigenvalue weighted by molar-refractivity contribution is 0.410. The number of pyridine rings is 1. The molecule has 0 fully saturated rings. The number of nitrogens with zero attached hydrogens (tertiary/aromatic N) is 2. The van der Waals surface area contributed by atoms with Gasteiger partial charge in [0.05, 0.1) is 5.02 Å². The van der Waals surface area contributed by atoms with E-state index in [0.717, 1.165) is 10.4 Å². The molecular weight excluding hydrogens is 411 g/mol. The van der Waals surface area contributed by atoms with E-state index in [2.05, 4.69) is 4.98 Å². The van der Waals surface area contributed by atoms with E-state index in [4.69, 9.17) is 23.2 Å². The molecule has 8 heteroatoms. The molecule has 136 valence electrons. The van der Waals surface area contributed by atoms with Gasteiger partial charge in [0.1, 0.15) is 4.90 Å². The summed E-state index contributed by atoms with van der Waals surface area (Å²) in [6, 6.07) is 12.0. The summed E-state index contributed by atoms with van der Waals surface area (Å²) in [6.07, 6.45) is 3.93. The quantitative estimate of drug-likeness (QED) is 0.540. The van der Waals surface area contributed by atoms with Gasteiger partial charge in [0.2, 0.25) is 10.0 Å². The molecule has 0 saturated heterocycles. The van der Waals surface area contributed by atoms with Crippen LogP contribution in [0.5, 0.6) is 0 Å². The lowest BCUT2D eigenvalue weighted by Gasteiger charge is -2.23. The maximum atomic E-state index is 13.2. The van der Waals surface area contributed by atoms with Crippen LogP contribution in [-0.4, -0.2) is 24.3 Å². The van der Waals surface area contributed by atoms with Crippen LogP contribution in [0.3, 0.4) is 0 Å². The molecule has 26 heavy (non-hydrogen) atoms. The third-order valence-corrected chi connectivity index (χ3v) is 7.28. The van der Waals surface area contributed by atoms with E-state index in [1.54, 1.807) is 35.9 Å². The maximum absolute atomic E-state index is 13.2. The molecule has 0 unspecified atom stereocenters. The largest absolute Gasteiger partial charge is 0.264 e. The second-order valence-corrected chi connectivity index (χ2v) is 9.39. The fraction of sp³-hybridized carbons (Fsp3) is 0.167. The Labute approximate surface area is 167 Å². The highest BCUT2D eigenvalue weighted by molar-refractivity contribution is 7.89. The second kappa shape index (κ2) is 8.50. The first kappa shape index (κ1) is 19.3. The highest BCUT2D eigenvalue weighted by Crippen LogP contribution is 2.29. The summed E-state index contributed by atoms with van der Waals surface area (Å²) >= 11 is 13.8. The van der Waals surface area contributed by atoms with Crippen LogP contribution in [-0.2, 0) is 23.0 Å². The Morgan fingerprint density at radius 3 is 2.65 bits per heavy atom. The molecule has 2 heterocycles. The smallest absolute Gasteiger partial charge is 0.244 e. The SMILES string of the molecule is O=S(=O)(c1cc(Cl)ccc1Cl)N(CCc1cccs1)Cc1cccnc1. The van der Waals surface area contributed by atoms with Crippen molar-refractivity contribution in [2.24, 2.45) is 0 Å². The minimum atomic E-state index is -3.81. The van der Waals surface area contributed by atoms with Crippen LogP contribution in [0, 0.1) is 0 Å². The minimum absolute atomic E-state index is 0.0155. The Kier molecular flexibility index (Phi) is 6.32. The number of rotatable bonds is 7. The summed E-state index contributed by atoms with van der Waals surface area (Å²) in [5.41, 5.74) is 0.806. The van der Waals surface area contributed by atoms with E-state index < -0.39 is 10.0 Å². The van der Waals surface area contributed by atoms with Crippen LogP contribution >= 0.6 is 34.5 Å². The highest BCUT2D eigenvalue weighted by atomic mass is 35.5. The van der Waals surface area contributed by atoms with E-state index in [0.29, 0.717) is 18.0 Å². The van der Waals surface area contributed by atoms with Gasteiger partial charge in [-0.05, 0) is 47.7 Å². The lowest BCUT2D eigenvalue weighted by atomic mass is 10.3. The number of hydrogen-bond donors (Lipinski definition) is 0. The van der Waals surface area contributed by atoms with Crippen LogP contribution in [0.15, 0.2) is 65.1 Å². The van der Waals surface area contributed by atoms with Crippen LogP contribution < -0.4 is 0 Å². The van der Waals surface area contributed by atoms with Gasteiger partial charge >= 0.3 is 0 Å². The van der Waals surface area contributed by atoms with Crippen LogP contribution in [0.2, 0.25) is 10.0 Å². The standard InChI is InChI=1S/C18H16Cl2N2O2S2/c19-15-5-6-17(20)18(11-15)26(23,24)22(9-7-16-4-2-10-25-16)13-14-3-1-8-21-12-14/h1-6,8,10-12H,7,9,13H2. The number of thiophene rings is 1. The summed E-state index contributed by atoms with van der Waals surface area (Å²) in [4.78, 5) is 5.20. The van der Waals surface area contributed by atoms with E-state index in [-0.39, 0.29) is 16.5 Å². The number of aromatic nitrogens is 1. The molecule has 0 bridgehead atoms. The molecule has 4 nitrogen and oxygen atoms in total. The third kappa shape index (κ3) is 4.64. The molecule has 0 saturated carbocycles. The van der Waals surface area contributed by atoms with Crippen molar-refractivity contribution in [3.63, 3.8) is 0 Å². The number of hydrogen-bond acceptors (Lipinski definition) is 4. The van der Waals surface area contributed by atoms with Gasteiger partial charge in [-0.15, -0.1) is 11.3 Å². The van der Waals surface area contributed by atoms with Gasteiger partial charge < -0.3 is 0 Å². The molecule has 0 atom stereocenters. The van der Waals surface area contributed by atoms with Gasteiger partial charge in [0, 0.05) is 35.4 Å². The Hall–Kier alpha value is -1.44. The molecule has 0 spiro atoms. The molecular formula is C18H16Cl2N2O2S2. The van der Waals surface area contributed by atoms with E-state index in [9.17, 15) is 8.42 Å². The minimum Gasteiger partial charge on any atom is -0.264 e. The normalized spacial score (nSPS) is 11.8. The monoisotopic (exact) mass is 426 g/mol. The predicted molar refractivity (Wildman–Crippen MR) is 106 cm³/mol. The number of sulfonamides is 1. The molecule has 0 N–H and O–H groups in total. The van der Waals surface area contributed by atoms with Crippen LogP contribution in [0.4, 0.5) is 0 Å². The maximum Gasteiger partial charge on any atom is 0.244 e. The fourth-order valence-electron chi connectivity index (χ4n) is 2.48. The van der Waals surface area contributed by atoms with Crippen LogP contribution in [0.1, 0.15) is 10.4 Å². The average Bonchev–Trinajstić information content (AvgIpc) is 3.15.